The van der Waals surface area contributed by atoms with Gasteiger partial charge in [0.1, 0.15) is 18.2 Å². The molecule has 0 unspecified atom stereocenters. The summed E-state index contributed by atoms with van der Waals surface area (Å²) in [6, 6.07) is 1.69. The maximum absolute atomic E-state index is 8.02. The molecule has 0 aliphatic heterocycles. The van der Waals surface area contributed by atoms with Crippen molar-refractivity contribution in [2.75, 3.05) is 0 Å². The van der Waals surface area contributed by atoms with E-state index in [2.05, 4.69) is 21.1 Å². The Bertz CT molecular complexity index is 218. The number of halogens is 1. The zero-order valence-corrected chi connectivity index (χ0v) is 6.00. The third-order valence-corrected chi connectivity index (χ3v) is 1.19. The van der Waals surface area contributed by atoms with Crippen LogP contribution in [0.4, 0.5) is 0 Å². The fourth-order valence-corrected chi connectivity index (χ4v) is 0.772. The average molecular weight is 190 g/mol. The van der Waals surface area contributed by atoms with Gasteiger partial charge in [0.05, 0.1) is 4.47 Å². The highest BCUT2D eigenvalue weighted by atomic mass is 79.9. The largest absolute Gasteiger partial charge is 0.462 e. The van der Waals surface area contributed by atoms with E-state index < -0.39 is 0 Å². The zero-order chi connectivity index (χ0) is 6.69. The van der Waals surface area contributed by atoms with E-state index in [1.54, 1.807) is 6.07 Å². The lowest BCUT2D eigenvalue weighted by Gasteiger charge is -1.74. The van der Waals surface area contributed by atoms with Crippen molar-refractivity contribution >= 4 is 22.1 Å². The molecule has 0 saturated carbocycles. The van der Waals surface area contributed by atoms with Gasteiger partial charge in [-0.05, 0) is 22.0 Å². The molecule has 1 heterocycles. The summed E-state index contributed by atoms with van der Waals surface area (Å²) in [5.74, 6) is 0.518. The molecular weight excluding hydrogens is 186 g/mol. The van der Waals surface area contributed by atoms with Crippen LogP contribution in [0.3, 0.4) is 0 Å². The molecule has 0 aliphatic rings. The smallest absolute Gasteiger partial charge is 0.149 e. The molecule has 1 aromatic heterocycles. The summed E-state index contributed by atoms with van der Waals surface area (Å²) in [6.45, 7) is 0. The summed E-state index contributed by atoms with van der Waals surface area (Å²) in [5, 5.41) is 10.8. The number of hydrogen-bond donors (Lipinski definition) is 1. The molecule has 9 heavy (non-hydrogen) atoms. The quantitative estimate of drug-likeness (QED) is 0.417. The predicted molar refractivity (Wildman–Crippen MR) is 35.8 cm³/mol. The molecule has 0 aromatic carbocycles. The molecule has 0 atom stereocenters. The van der Waals surface area contributed by atoms with Crippen molar-refractivity contribution in [2.45, 2.75) is 0 Å². The van der Waals surface area contributed by atoms with Crippen LogP contribution in [0, 0.1) is 0 Å². The second kappa shape index (κ2) is 2.68. The molecule has 0 amide bonds. The number of furan rings is 1. The summed E-state index contributed by atoms with van der Waals surface area (Å²) >= 11 is 3.17. The first-order chi connectivity index (χ1) is 4.33. The Kier molecular flexibility index (Phi) is 1.89. The van der Waals surface area contributed by atoms with E-state index in [4.69, 9.17) is 9.62 Å². The number of hydrogen-bond acceptors (Lipinski definition) is 3. The molecule has 1 N–H and O–H groups in total. The van der Waals surface area contributed by atoms with Crippen LogP contribution in [0.2, 0.25) is 0 Å². The van der Waals surface area contributed by atoms with Gasteiger partial charge in [0, 0.05) is 0 Å². The Hall–Kier alpha value is -0.770. The van der Waals surface area contributed by atoms with Gasteiger partial charge in [-0.15, -0.1) is 0 Å². The van der Waals surface area contributed by atoms with E-state index in [-0.39, 0.29) is 0 Å². The summed E-state index contributed by atoms with van der Waals surface area (Å²) < 4.78 is 5.68. The maximum atomic E-state index is 8.02. The fourth-order valence-electron chi connectivity index (χ4n) is 0.453. The molecule has 0 bridgehead atoms. The van der Waals surface area contributed by atoms with Gasteiger partial charge >= 0.3 is 0 Å². The molecule has 0 aliphatic carbocycles. The highest BCUT2D eigenvalue weighted by Crippen LogP contribution is 2.11. The lowest BCUT2D eigenvalue weighted by atomic mass is 10.5. The highest BCUT2D eigenvalue weighted by molar-refractivity contribution is 9.10. The fraction of sp³-hybridized carbons (Fsp3) is 0. The van der Waals surface area contributed by atoms with Gasteiger partial charge in [0.15, 0.2) is 0 Å². The normalized spacial score (nSPS) is 10.8. The second-order valence-electron chi connectivity index (χ2n) is 1.41. The third-order valence-electron chi connectivity index (χ3n) is 0.773. The predicted octanol–water partition coefficient (Wildman–Crippen LogP) is 1.85. The highest BCUT2D eigenvalue weighted by Gasteiger charge is 1.93. The van der Waals surface area contributed by atoms with Crippen LogP contribution in [0.25, 0.3) is 0 Å². The molecule has 1 rings (SSSR count). The first-order valence-electron chi connectivity index (χ1n) is 2.24. The van der Waals surface area contributed by atoms with Gasteiger partial charge < -0.3 is 9.62 Å². The Balaban J connectivity index is 2.85. The van der Waals surface area contributed by atoms with E-state index in [9.17, 15) is 0 Å². The minimum absolute atomic E-state index is 0.518. The molecule has 0 fully saturated rings. The zero-order valence-electron chi connectivity index (χ0n) is 4.41. The van der Waals surface area contributed by atoms with Crippen molar-refractivity contribution in [2.24, 2.45) is 5.16 Å². The van der Waals surface area contributed by atoms with E-state index in [0.717, 1.165) is 4.47 Å². The van der Waals surface area contributed by atoms with E-state index in [1.807, 2.05) is 0 Å². The monoisotopic (exact) mass is 189 g/mol. The van der Waals surface area contributed by atoms with E-state index >= 15 is 0 Å². The molecule has 4 heteroatoms. The van der Waals surface area contributed by atoms with E-state index in [0.29, 0.717) is 5.76 Å². The molecule has 48 valence electrons. The molecule has 0 saturated heterocycles. The Morgan fingerprint density at radius 1 is 1.78 bits per heavy atom. The van der Waals surface area contributed by atoms with Gasteiger partial charge in [0.2, 0.25) is 0 Å². The minimum atomic E-state index is 0.518. The van der Waals surface area contributed by atoms with Crippen LogP contribution >= 0.6 is 15.9 Å². The molecule has 0 spiro atoms. The summed E-state index contributed by atoms with van der Waals surface area (Å²) in [5.41, 5.74) is 0. The van der Waals surface area contributed by atoms with Crippen LogP contribution in [0.1, 0.15) is 5.76 Å². The minimum Gasteiger partial charge on any atom is -0.462 e. The van der Waals surface area contributed by atoms with Crippen molar-refractivity contribution in [1.82, 2.24) is 0 Å². The number of nitrogens with zero attached hydrogens (tertiary/aromatic N) is 1. The molecule has 3 nitrogen and oxygen atoms in total. The van der Waals surface area contributed by atoms with Gasteiger partial charge in [-0.3, -0.25) is 0 Å². The Morgan fingerprint density at radius 2 is 2.56 bits per heavy atom. The Morgan fingerprint density at radius 3 is 3.00 bits per heavy atom. The van der Waals surface area contributed by atoms with Gasteiger partial charge in [-0.2, -0.15) is 0 Å². The van der Waals surface area contributed by atoms with Crippen molar-refractivity contribution in [3.05, 3.63) is 22.6 Å². The second-order valence-corrected chi connectivity index (χ2v) is 2.33. The summed E-state index contributed by atoms with van der Waals surface area (Å²) in [7, 11) is 0. The Labute approximate surface area is 60.1 Å². The van der Waals surface area contributed by atoms with Crippen LogP contribution in [0.5, 0.6) is 0 Å². The number of rotatable bonds is 1. The number of oxime groups is 1. The lowest BCUT2D eigenvalue weighted by molar-refractivity contribution is 0.320. The standard InChI is InChI=1S/C5H4BrNO2/c6-4-1-5(2-7-8)9-3-4/h1-3,8H/b7-2-. The van der Waals surface area contributed by atoms with E-state index in [1.165, 1.54) is 12.5 Å². The van der Waals surface area contributed by atoms with Crippen molar-refractivity contribution < 1.29 is 9.62 Å². The van der Waals surface area contributed by atoms with Gasteiger partial charge in [-0.25, -0.2) is 0 Å². The molecule has 1 aromatic rings. The van der Waals surface area contributed by atoms with Crippen molar-refractivity contribution in [3.8, 4) is 0 Å². The lowest BCUT2D eigenvalue weighted by Crippen LogP contribution is -1.70. The topological polar surface area (TPSA) is 45.7 Å². The van der Waals surface area contributed by atoms with Crippen LogP contribution in [-0.4, -0.2) is 11.4 Å². The first kappa shape index (κ1) is 6.35. The maximum Gasteiger partial charge on any atom is 0.149 e. The van der Waals surface area contributed by atoms with Gasteiger partial charge in [-0.1, -0.05) is 5.16 Å². The summed E-state index contributed by atoms with van der Waals surface area (Å²) in [4.78, 5) is 0. The van der Waals surface area contributed by atoms with Crippen molar-refractivity contribution in [1.29, 1.82) is 0 Å². The molecule has 0 radical (unpaired) electrons. The first-order valence-corrected chi connectivity index (χ1v) is 3.03. The van der Waals surface area contributed by atoms with Crippen LogP contribution in [-0.2, 0) is 0 Å². The van der Waals surface area contributed by atoms with Crippen LogP contribution < -0.4 is 0 Å². The van der Waals surface area contributed by atoms with Crippen molar-refractivity contribution in [3.63, 3.8) is 0 Å². The SMILES string of the molecule is O/N=C\c1cc(Br)co1. The van der Waals surface area contributed by atoms with Crippen LogP contribution in [0.15, 0.2) is 26.4 Å². The molecular formula is C5H4BrNO2. The third kappa shape index (κ3) is 1.57. The summed E-state index contributed by atoms with van der Waals surface area (Å²) in [6.07, 6.45) is 2.72. The van der Waals surface area contributed by atoms with Gasteiger partial charge in [0.25, 0.3) is 0 Å². The average Bonchev–Trinajstić information content (AvgIpc) is 2.17.